The minimum atomic E-state index is -0.0838. The van der Waals surface area contributed by atoms with Gasteiger partial charge in [0.1, 0.15) is 17.2 Å². The topological polar surface area (TPSA) is 51.2 Å². The minimum absolute atomic E-state index is 0.0838. The van der Waals surface area contributed by atoms with Gasteiger partial charge in [-0.05, 0) is 71.4 Å². The fourth-order valence-electron chi connectivity index (χ4n) is 4.84. The number of hydrogen-bond donors (Lipinski definition) is 1. The average molecular weight is 473 g/mol. The SMILES string of the molecule is CC(C)CCNC(=O)c1cc2ccc(Oc3ccc(C(C)(C)C)cc3)cc2c(CC2CCCC2)n1. The third-order valence-electron chi connectivity index (χ3n) is 7.04. The number of hydrogen-bond acceptors (Lipinski definition) is 3. The second-order valence-electron chi connectivity index (χ2n) is 11.5. The monoisotopic (exact) mass is 472 g/mol. The summed E-state index contributed by atoms with van der Waals surface area (Å²) in [6.07, 6.45) is 6.93. The van der Waals surface area contributed by atoms with Gasteiger partial charge in [0.25, 0.3) is 5.91 Å². The minimum Gasteiger partial charge on any atom is -0.457 e. The van der Waals surface area contributed by atoms with Gasteiger partial charge in [-0.3, -0.25) is 4.79 Å². The first-order valence-electron chi connectivity index (χ1n) is 13.2. The molecule has 0 unspecified atom stereocenters. The van der Waals surface area contributed by atoms with Crippen LogP contribution in [0.25, 0.3) is 10.8 Å². The zero-order valence-electron chi connectivity index (χ0n) is 22.0. The molecule has 4 rings (SSSR count). The summed E-state index contributed by atoms with van der Waals surface area (Å²) in [6.45, 7) is 11.6. The van der Waals surface area contributed by atoms with E-state index in [9.17, 15) is 4.79 Å². The Balaban J connectivity index is 1.61. The summed E-state index contributed by atoms with van der Waals surface area (Å²) in [5.74, 6) is 2.73. The van der Waals surface area contributed by atoms with Crippen molar-refractivity contribution in [2.75, 3.05) is 6.54 Å². The molecular weight excluding hydrogens is 432 g/mol. The van der Waals surface area contributed by atoms with E-state index in [1.165, 1.54) is 31.2 Å². The van der Waals surface area contributed by atoms with E-state index in [4.69, 9.17) is 9.72 Å². The zero-order chi connectivity index (χ0) is 25.0. The van der Waals surface area contributed by atoms with E-state index in [-0.39, 0.29) is 11.3 Å². The maximum atomic E-state index is 12.9. The van der Waals surface area contributed by atoms with Crippen molar-refractivity contribution in [2.24, 2.45) is 11.8 Å². The highest BCUT2D eigenvalue weighted by molar-refractivity contribution is 5.97. The van der Waals surface area contributed by atoms with E-state index in [2.05, 4.69) is 64.2 Å². The fourth-order valence-corrected chi connectivity index (χ4v) is 4.84. The molecule has 0 radical (unpaired) electrons. The van der Waals surface area contributed by atoms with Crippen molar-refractivity contribution < 1.29 is 9.53 Å². The van der Waals surface area contributed by atoms with Gasteiger partial charge in [0.15, 0.2) is 0 Å². The number of benzene rings is 2. The van der Waals surface area contributed by atoms with E-state index in [1.54, 1.807) is 0 Å². The standard InChI is InChI=1S/C31H40N2O2/c1-21(2)16-17-32-30(34)29-19-23-10-13-26(35-25-14-11-24(12-15-25)31(3,4)5)20-27(23)28(33-29)18-22-8-6-7-9-22/h10-15,19-22H,6-9,16-18H2,1-5H3,(H,32,34). The van der Waals surface area contributed by atoms with Crippen LogP contribution in [0, 0.1) is 11.8 Å². The number of nitrogens with one attached hydrogen (secondary N) is 1. The van der Waals surface area contributed by atoms with Crippen LogP contribution in [-0.2, 0) is 11.8 Å². The molecule has 0 spiro atoms. The second-order valence-corrected chi connectivity index (χ2v) is 11.5. The lowest BCUT2D eigenvalue weighted by atomic mass is 9.87. The Hall–Kier alpha value is -2.88. The molecule has 1 N–H and O–H groups in total. The number of ether oxygens (including phenoxy) is 1. The third-order valence-corrected chi connectivity index (χ3v) is 7.04. The Morgan fingerprint density at radius 1 is 1.03 bits per heavy atom. The molecule has 1 aliphatic carbocycles. The highest BCUT2D eigenvalue weighted by Crippen LogP contribution is 2.33. The van der Waals surface area contributed by atoms with Gasteiger partial charge in [-0.1, -0.05) is 78.5 Å². The van der Waals surface area contributed by atoms with Gasteiger partial charge in [-0.25, -0.2) is 4.98 Å². The second kappa shape index (κ2) is 10.8. The molecule has 1 heterocycles. The summed E-state index contributed by atoms with van der Waals surface area (Å²) in [5.41, 5.74) is 2.92. The maximum absolute atomic E-state index is 12.9. The van der Waals surface area contributed by atoms with Crippen molar-refractivity contribution in [1.82, 2.24) is 10.3 Å². The van der Waals surface area contributed by atoms with Crippen molar-refractivity contribution in [3.63, 3.8) is 0 Å². The highest BCUT2D eigenvalue weighted by Gasteiger charge is 2.20. The van der Waals surface area contributed by atoms with E-state index in [0.29, 0.717) is 24.1 Å². The molecule has 1 amide bonds. The van der Waals surface area contributed by atoms with E-state index in [0.717, 1.165) is 40.8 Å². The predicted octanol–water partition coefficient (Wildman–Crippen LogP) is 7.83. The zero-order valence-corrected chi connectivity index (χ0v) is 22.0. The molecule has 1 aliphatic rings. The molecule has 0 aliphatic heterocycles. The van der Waals surface area contributed by atoms with Crippen molar-refractivity contribution in [1.29, 1.82) is 0 Å². The molecule has 1 fully saturated rings. The van der Waals surface area contributed by atoms with Gasteiger partial charge in [0, 0.05) is 17.6 Å². The molecule has 3 aromatic rings. The van der Waals surface area contributed by atoms with Crippen LogP contribution in [-0.4, -0.2) is 17.4 Å². The Kier molecular flexibility index (Phi) is 7.78. The van der Waals surface area contributed by atoms with Crippen LogP contribution >= 0.6 is 0 Å². The molecular formula is C31H40N2O2. The van der Waals surface area contributed by atoms with Crippen LogP contribution in [0.4, 0.5) is 0 Å². The maximum Gasteiger partial charge on any atom is 0.269 e. The Labute approximate surface area is 210 Å². The third kappa shape index (κ3) is 6.62. The van der Waals surface area contributed by atoms with Crippen LogP contribution in [0.15, 0.2) is 48.5 Å². The van der Waals surface area contributed by atoms with Gasteiger partial charge >= 0.3 is 0 Å². The van der Waals surface area contributed by atoms with E-state index < -0.39 is 0 Å². The number of rotatable bonds is 8. The molecule has 0 atom stereocenters. The average Bonchev–Trinajstić information content (AvgIpc) is 3.32. The summed E-state index contributed by atoms with van der Waals surface area (Å²) in [4.78, 5) is 17.7. The van der Waals surface area contributed by atoms with Crippen molar-refractivity contribution in [3.8, 4) is 11.5 Å². The van der Waals surface area contributed by atoms with Crippen LogP contribution < -0.4 is 10.1 Å². The Morgan fingerprint density at radius 3 is 2.37 bits per heavy atom. The van der Waals surface area contributed by atoms with Crippen LogP contribution in [0.1, 0.15) is 88.5 Å². The summed E-state index contributed by atoms with van der Waals surface area (Å²) in [6, 6.07) is 16.4. The molecule has 1 saturated carbocycles. The van der Waals surface area contributed by atoms with Crippen molar-refractivity contribution >= 4 is 16.7 Å². The summed E-state index contributed by atoms with van der Waals surface area (Å²) >= 11 is 0. The summed E-state index contributed by atoms with van der Waals surface area (Å²) < 4.78 is 6.23. The van der Waals surface area contributed by atoms with E-state index in [1.807, 2.05) is 24.3 Å². The summed E-state index contributed by atoms with van der Waals surface area (Å²) in [5, 5.41) is 5.17. The van der Waals surface area contributed by atoms with Gasteiger partial charge < -0.3 is 10.1 Å². The van der Waals surface area contributed by atoms with E-state index >= 15 is 0 Å². The number of carbonyl (C=O) groups excluding carboxylic acids is 1. The van der Waals surface area contributed by atoms with Crippen LogP contribution in [0.2, 0.25) is 0 Å². The lowest BCUT2D eigenvalue weighted by Crippen LogP contribution is -2.26. The predicted molar refractivity (Wildman–Crippen MR) is 144 cm³/mol. The van der Waals surface area contributed by atoms with Crippen LogP contribution in [0.5, 0.6) is 11.5 Å². The lowest BCUT2D eigenvalue weighted by Gasteiger charge is -2.19. The normalized spacial score (nSPS) is 14.6. The van der Waals surface area contributed by atoms with Gasteiger partial charge in [0.2, 0.25) is 0 Å². The van der Waals surface area contributed by atoms with Gasteiger partial charge in [-0.2, -0.15) is 0 Å². The van der Waals surface area contributed by atoms with Crippen molar-refractivity contribution in [2.45, 2.75) is 78.6 Å². The molecule has 0 saturated heterocycles. The van der Waals surface area contributed by atoms with Gasteiger partial charge in [-0.15, -0.1) is 0 Å². The number of pyridine rings is 1. The van der Waals surface area contributed by atoms with Gasteiger partial charge in [0.05, 0.1) is 0 Å². The fraction of sp³-hybridized carbons (Fsp3) is 0.484. The first kappa shape index (κ1) is 25.2. The smallest absolute Gasteiger partial charge is 0.269 e. The Bertz CT molecular complexity index is 1150. The number of carbonyl (C=O) groups is 1. The van der Waals surface area contributed by atoms with Crippen molar-refractivity contribution in [3.05, 3.63) is 65.5 Å². The largest absolute Gasteiger partial charge is 0.457 e. The quantitative estimate of drug-likeness (QED) is 0.363. The number of fused-ring (bicyclic) bond motifs is 1. The molecule has 2 aromatic carbocycles. The number of aromatic nitrogens is 1. The number of amides is 1. The molecule has 0 bridgehead atoms. The molecule has 1 aromatic heterocycles. The first-order valence-corrected chi connectivity index (χ1v) is 13.2. The molecule has 4 nitrogen and oxygen atoms in total. The highest BCUT2D eigenvalue weighted by atomic mass is 16.5. The molecule has 186 valence electrons. The summed E-state index contributed by atoms with van der Waals surface area (Å²) in [7, 11) is 0. The molecule has 35 heavy (non-hydrogen) atoms. The molecule has 4 heteroatoms. The lowest BCUT2D eigenvalue weighted by molar-refractivity contribution is 0.0947. The number of nitrogens with zero attached hydrogens (tertiary/aromatic N) is 1. The van der Waals surface area contributed by atoms with Crippen LogP contribution in [0.3, 0.4) is 0 Å². The first-order chi connectivity index (χ1) is 16.7. The Morgan fingerprint density at radius 2 is 1.71 bits per heavy atom.